The first kappa shape index (κ1) is 12.4. The van der Waals surface area contributed by atoms with Gasteiger partial charge in [-0.3, -0.25) is 0 Å². The van der Waals surface area contributed by atoms with Gasteiger partial charge in [0.05, 0.1) is 0 Å². The van der Waals surface area contributed by atoms with Crippen molar-refractivity contribution in [2.24, 2.45) is 0 Å². The fourth-order valence-electron chi connectivity index (χ4n) is 2.52. The quantitative estimate of drug-likeness (QED) is 0.432. The molecule has 4 rings (SSSR count). The Morgan fingerprint density at radius 1 is 0.857 bits per heavy atom. The van der Waals surface area contributed by atoms with Crippen molar-refractivity contribution in [2.75, 3.05) is 0 Å². The molecule has 0 atom stereocenters. The summed E-state index contributed by atoms with van der Waals surface area (Å²) in [5.74, 6) is 0.932. The molecule has 4 aromatic rings. The van der Waals surface area contributed by atoms with Crippen LogP contribution in [0.4, 0.5) is 0 Å². The molecule has 0 fully saturated rings. The van der Waals surface area contributed by atoms with E-state index in [2.05, 4.69) is 54.8 Å². The molecule has 0 spiro atoms. The van der Waals surface area contributed by atoms with E-state index in [4.69, 9.17) is 4.42 Å². The minimum absolute atomic E-state index is 0.932. The summed E-state index contributed by atoms with van der Waals surface area (Å²) in [4.78, 5) is 1.27. The zero-order valence-corrected chi connectivity index (χ0v) is 12.5. The SMILES string of the molecule is Cc1ccc(-c2scc3oc(-c4ccccc4)cc23)cc1. The summed E-state index contributed by atoms with van der Waals surface area (Å²) in [5.41, 5.74) is 4.62. The van der Waals surface area contributed by atoms with Crippen LogP contribution in [-0.4, -0.2) is 0 Å². The van der Waals surface area contributed by atoms with Gasteiger partial charge in [0.15, 0.2) is 0 Å². The molecule has 0 aliphatic heterocycles. The smallest absolute Gasteiger partial charge is 0.146 e. The van der Waals surface area contributed by atoms with E-state index in [1.54, 1.807) is 11.3 Å². The van der Waals surface area contributed by atoms with Gasteiger partial charge in [-0.2, -0.15) is 0 Å². The van der Waals surface area contributed by atoms with Crippen molar-refractivity contribution in [1.29, 1.82) is 0 Å². The summed E-state index contributed by atoms with van der Waals surface area (Å²) >= 11 is 1.74. The lowest BCUT2D eigenvalue weighted by Crippen LogP contribution is -1.74. The maximum Gasteiger partial charge on any atom is 0.146 e. The molecule has 0 saturated carbocycles. The summed E-state index contributed by atoms with van der Waals surface area (Å²) in [6.07, 6.45) is 0. The summed E-state index contributed by atoms with van der Waals surface area (Å²) in [6.45, 7) is 2.11. The van der Waals surface area contributed by atoms with Crippen molar-refractivity contribution >= 4 is 22.3 Å². The highest BCUT2D eigenvalue weighted by Gasteiger charge is 2.13. The minimum atomic E-state index is 0.932. The zero-order valence-electron chi connectivity index (χ0n) is 11.7. The predicted octanol–water partition coefficient (Wildman–Crippen LogP) is 6.14. The summed E-state index contributed by atoms with van der Waals surface area (Å²) in [5, 5.41) is 3.29. The second-order valence-electron chi connectivity index (χ2n) is 5.19. The van der Waals surface area contributed by atoms with Crippen molar-refractivity contribution < 1.29 is 4.42 Å². The van der Waals surface area contributed by atoms with Crippen LogP contribution in [-0.2, 0) is 0 Å². The summed E-state index contributed by atoms with van der Waals surface area (Å²) in [6, 6.07) is 21.0. The van der Waals surface area contributed by atoms with Gasteiger partial charge in [0.25, 0.3) is 0 Å². The van der Waals surface area contributed by atoms with Gasteiger partial charge in [-0.15, -0.1) is 11.3 Å². The second-order valence-corrected chi connectivity index (χ2v) is 6.07. The number of thiophene rings is 1. The van der Waals surface area contributed by atoms with Crippen molar-refractivity contribution in [3.05, 3.63) is 71.6 Å². The first-order valence-electron chi connectivity index (χ1n) is 6.95. The molecule has 0 aliphatic rings. The maximum atomic E-state index is 5.99. The molecule has 2 heterocycles. The molecule has 0 unspecified atom stereocenters. The van der Waals surface area contributed by atoms with Crippen LogP contribution in [0.25, 0.3) is 32.7 Å². The van der Waals surface area contributed by atoms with Crippen molar-refractivity contribution in [1.82, 2.24) is 0 Å². The number of hydrogen-bond acceptors (Lipinski definition) is 2. The van der Waals surface area contributed by atoms with Crippen LogP contribution in [0.2, 0.25) is 0 Å². The van der Waals surface area contributed by atoms with Crippen LogP contribution in [0.5, 0.6) is 0 Å². The summed E-state index contributed by atoms with van der Waals surface area (Å²) in [7, 11) is 0. The van der Waals surface area contributed by atoms with Crippen molar-refractivity contribution in [3.63, 3.8) is 0 Å². The molecule has 2 heteroatoms. The molecule has 21 heavy (non-hydrogen) atoms. The monoisotopic (exact) mass is 290 g/mol. The molecule has 1 nitrogen and oxygen atoms in total. The van der Waals surface area contributed by atoms with Crippen molar-refractivity contribution in [3.8, 4) is 21.8 Å². The van der Waals surface area contributed by atoms with Crippen LogP contribution >= 0.6 is 11.3 Å². The van der Waals surface area contributed by atoms with Crippen LogP contribution < -0.4 is 0 Å². The fraction of sp³-hybridized carbons (Fsp3) is 0.0526. The second kappa shape index (κ2) is 4.90. The Hall–Kier alpha value is -2.32. The number of rotatable bonds is 2. The molecule has 2 aromatic heterocycles. The molecular weight excluding hydrogens is 276 g/mol. The Morgan fingerprint density at radius 3 is 2.38 bits per heavy atom. The van der Waals surface area contributed by atoms with Gasteiger partial charge < -0.3 is 4.42 Å². The molecule has 0 aliphatic carbocycles. The average Bonchev–Trinajstić information content (AvgIpc) is 3.09. The Bertz CT molecular complexity index is 882. The molecule has 0 bridgehead atoms. The number of fused-ring (bicyclic) bond motifs is 1. The number of furan rings is 1. The van der Waals surface area contributed by atoms with Gasteiger partial charge in [0, 0.05) is 21.2 Å². The third kappa shape index (κ3) is 2.18. The topological polar surface area (TPSA) is 13.1 Å². The van der Waals surface area contributed by atoms with Crippen LogP contribution in [0.1, 0.15) is 5.56 Å². The first-order chi connectivity index (χ1) is 10.3. The van der Waals surface area contributed by atoms with E-state index in [0.717, 1.165) is 16.9 Å². The van der Waals surface area contributed by atoms with Gasteiger partial charge in [-0.25, -0.2) is 0 Å². The van der Waals surface area contributed by atoms with Crippen LogP contribution in [0.15, 0.2) is 70.5 Å². The van der Waals surface area contributed by atoms with Gasteiger partial charge in [-0.05, 0) is 18.6 Å². The van der Waals surface area contributed by atoms with Crippen LogP contribution in [0.3, 0.4) is 0 Å². The molecule has 0 N–H and O–H groups in total. The van der Waals surface area contributed by atoms with Gasteiger partial charge in [0.1, 0.15) is 11.3 Å². The van der Waals surface area contributed by atoms with Gasteiger partial charge >= 0.3 is 0 Å². The lowest BCUT2D eigenvalue weighted by Gasteiger charge is -1.98. The normalized spacial score (nSPS) is 11.1. The zero-order chi connectivity index (χ0) is 14.2. The number of aryl methyl sites for hydroxylation is 1. The largest absolute Gasteiger partial charge is 0.455 e. The highest BCUT2D eigenvalue weighted by molar-refractivity contribution is 7.15. The van der Waals surface area contributed by atoms with E-state index in [1.807, 2.05) is 18.2 Å². The van der Waals surface area contributed by atoms with E-state index in [9.17, 15) is 0 Å². The molecule has 0 amide bonds. The molecule has 2 aromatic carbocycles. The minimum Gasteiger partial charge on any atom is -0.455 e. The van der Waals surface area contributed by atoms with Crippen molar-refractivity contribution in [2.45, 2.75) is 6.92 Å². The Labute approximate surface area is 127 Å². The lowest BCUT2D eigenvalue weighted by atomic mass is 10.1. The third-order valence-corrected chi connectivity index (χ3v) is 4.68. The Kier molecular flexibility index (Phi) is 2.90. The number of benzene rings is 2. The predicted molar refractivity (Wildman–Crippen MR) is 89.7 cm³/mol. The molecular formula is C19H14OS. The van der Waals surface area contributed by atoms with Crippen LogP contribution in [0, 0.1) is 6.92 Å². The van der Waals surface area contributed by atoms with E-state index >= 15 is 0 Å². The maximum absolute atomic E-state index is 5.99. The Balaban J connectivity index is 1.85. The van der Waals surface area contributed by atoms with E-state index < -0.39 is 0 Å². The number of hydrogen-bond donors (Lipinski definition) is 0. The molecule has 0 saturated heterocycles. The van der Waals surface area contributed by atoms with Gasteiger partial charge in [0.2, 0.25) is 0 Å². The molecule has 102 valence electrons. The Morgan fingerprint density at radius 2 is 1.62 bits per heavy atom. The van der Waals surface area contributed by atoms with E-state index in [-0.39, 0.29) is 0 Å². The summed E-state index contributed by atoms with van der Waals surface area (Å²) < 4.78 is 5.99. The first-order valence-corrected chi connectivity index (χ1v) is 7.83. The molecule has 0 radical (unpaired) electrons. The highest BCUT2D eigenvalue weighted by atomic mass is 32.1. The average molecular weight is 290 g/mol. The highest BCUT2D eigenvalue weighted by Crippen LogP contribution is 2.39. The van der Waals surface area contributed by atoms with E-state index in [1.165, 1.54) is 21.4 Å². The van der Waals surface area contributed by atoms with Gasteiger partial charge in [-0.1, -0.05) is 60.2 Å². The fourth-order valence-corrected chi connectivity index (χ4v) is 3.48. The van der Waals surface area contributed by atoms with E-state index in [0.29, 0.717) is 0 Å². The third-order valence-electron chi connectivity index (χ3n) is 3.66. The standard InChI is InChI=1S/C19H14OS/c1-13-7-9-15(10-8-13)19-16-11-17(20-18(16)12-21-19)14-5-3-2-4-6-14/h2-12H,1H3. The lowest BCUT2D eigenvalue weighted by molar-refractivity contribution is 0.633.